The number of nitrogens with zero attached hydrogens (tertiary/aromatic N) is 2. The normalized spacial score (nSPS) is 25.6. The lowest BCUT2D eigenvalue weighted by molar-refractivity contribution is -0.903. The highest BCUT2D eigenvalue weighted by molar-refractivity contribution is 5.86. The average Bonchev–Trinajstić information content (AvgIpc) is 2.82. The van der Waals surface area contributed by atoms with E-state index < -0.39 is 0 Å². The first-order valence-electron chi connectivity index (χ1n) is 8.14. The molecule has 1 spiro atoms. The smallest absolute Gasteiger partial charge is 0.333 e. The lowest BCUT2D eigenvalue weighted by atomic mass is 9.82. The first-order chi connectivity index (χ1) is 10.2. The average molecular weight is 290 g/mol. The maximum absolute atomic E-state index is 11.8. The number of carbonyl (C=O) groups is 1. The zero-order chi connectivity index (χ0) is 14.7. The van der Waals surface area contributed by atoms with E-state index in [4.69, 9.17) is 10.00 Å². The molecule has 1 aliphatic carbocycles. The Bertz CT molecular complexity index is 466. The van der Waals surface area contributed by atoms with Gasteiger partial charge in [0, 0.05) is 6.08 Å². The number of hydrogen-bond acceptors (Lipinski definition) is 4. The third-order valence-electron chi connectivity index (χ3n) is 5.08. The zero-order valence-corrected chi connectivity index (χ0v) is 12.6. The SMILES string of the molecule is N#CCC[NH+]1CCN(C2=CC(=O)OC23CCCCC3)CC1. The molecule has 0 bridgehead atoms. The van der Waals surface area contributed by atoms with Gasteiger partial charge in [0.15, 0.2) is 5.60 Å². The maximum atomic E-state index is 11.8. The van der Waals surface area contributed by atoms with E-state index in [1.54, 1.807) is 6.08 Å². The Balaban J connectivity index is 1.65. The Kier molecular flexibility index (Phi) is 4.16. The molecule has 1 saturated carbocycles. The van der Waals surface area contributed by atoms with Crippen molar-refractivity contribution in [3.8, 4) is 6.07 Å². The Morgan fingerprint density at radius 2 is 2.00 bits per heavy atom. The maximum Gasteiger partial charge on any atom is 0.333 e. The van der Waals surface area contributed by atoms with Crippen molar-refractivity contribution in [1.82, 2.24) is 4.90 Å². The van der Waals surface area contributed by atoms with Gasteiger partial charge in [-0.25, -0.2) is 4.79 Å². The van der Waals surface area contributed by atoms with Gasteiger partial charge in [-0.2, -0.15) is 5.26 Å². The van der Waals surface area contributed by atoms with Crippen LogP contribution in [-0.2, 0) is 9.53 Å². The number of quaternary nitrogens is 1. The van der Waals surface area contributed by atoms with Crippen molar-refractivity contribution < 1.29 is 14.4 Å². The second kappa shape index (κ2) is 6.07. The molecule has 114 valence electrons. The van der Waals surface area contributed by atoms with Gasteiger partial charge < -0.3 is 14.5 Å². The van der Waals surface area contributed by atoms with Crippen LogP contribution in [0.2, 0.25) is 0 Å². The predicted octanol–water partition coefficient (Wildman–Crippen LogP) is 0.244. The molecule has 2 heterocycles. The molecule has 0 unspecified atom stereocenters. The quantitative estimate of drug-likeness (QED) is 0.757. The van der Waals surface area contributed by atoms with E-state index >= 15 is 0 Å². The second-order valence-corrected chi connectivity index (χ2v) is 6.40. The number of carbonyl (C=O) groups excluding carboxylic acids is 1. The summed E-state index contributed by atoms with van der Waals surface area (Å²) in [7, 11) is 0. The standard InChI is InChI=1S/C16H23N3O2/c17-7-4-8-18-9-11-19(12-10-18)14-13-15(20)21-16(14)5-2-1-3-6-16/h13H,1-6,8-12H2/p+1. The molecule has 3 rings (SSSR count). The summed E-state index contributed by atoms with van der Waals surface area (Å²) in [6.45, 7) is 4.95. The van der Waals surface area contributed by atoms with Crippen molar-refractivity contribution in [1.29, 1.82) is 5.26 Å². The third-order valence-corrected chi connectivity index (χ3v) is 5.08. The second-order valence-electron chi connectivity index (χ2n) is 6.40. The van der Waals surface area contributed by atoms with Crippen molar-refractivity contribution in [3.63, 3.8) is 0 Å². The molecule has 1 saturated heterocycles. The van der Waals surface area contributed by atoms with Crippen molar-refractivity contribution in [2.75, 3.05) is 32.7 Å². The molecular weight excluding hydrogens is 266 g/mol. The highest BCUT2D eigenvalue weighted by Gasteiger charge is 2.46. The van der Waals surface area contributed by atoms with E-state index in [0.717, 1.165) is 64.1 Å². The molecule has 5 heteroatoms. The van der Waals surface area contributed by atoms with Crippen LogP contribution in [-0.4, -0.2) is 49.2 Å². The number of ether oxygens (including phenoxy) is 1. The van der Waals surface area contributed by atoms with Crippen molar-refractivity contribution >= 4 is 5.97 Å². The predicted molar refractivity (Wildman–Crippen MR) is 77.4 cm³/mol. The summed E-state index contributed by atoms with van der Waals surface area (Å²) in [6, 6.07) is 2.22. The van der Waals surface area contributed by atoms with E-state index in [-0.39, 0.29) is 11.6 Å². The first kappa shape index (κ1) is 14.4. The summed E-state index contributed by atoms with van der Waals surface area (Å²) in [5.74, 6) is -0.161. The number of hydrogen-bond donors (Lipinski definition) is 1. The fourth-order valence-corrected chi connectivity index (χ4v) is 3.92. The number of rotatable bonds is 3. The minimum absolute atomic E-state index is 0.161. The van der Waals surface area contributed by atoms with Gasteiger partial charge >= 0.3 is 5.97 Å². The Morgan fingerprint density at radius 3 is 2.67 bits per heavy atom. The minimum Gasteiger partial charge on any atom is -0.449 e. The van der Waals surface area contributed by atoms with E-state index in [2.05, 4.69) is 11.0 Å². The molecule has 1 N–H and O–H groups in total. The van der Waals surface area contributed by atoms with E-state index in [1.165, 1.54) is 11.3 Å². The van der Waals surface area contributed by atoms with Crippen molar-refractivity contribution in [3.05, 3.63) is 11.8 Å². The highest BCUT2D eigenvalue weighted by atomic mass is 16.6. The van der Waals surface area contributed by atoms with Crippen molar-refractivity contribution in [2.24, 2.45) is 0 Å². The van der Waals surface area contributed by atoms with Gasteiger partial charge in [-0.05, 0) is 25.7 Å². The molecule has 0 aromatic carbocycles. The van der Waals surface area contributed by atoms with Crippen LogP contribution >= 0.6 is 0 Å². The van der Waals surface area contributed by atoms with Gasteiger partial charge in [0.25, 0.3) is 0 Å². The zero-order valence-electron chi connectivity index (χ0n) is 12.6. The van der Waals surface area contributed by atoms with Crippen LogP contribution in [0.4, 0.5) is 0 Å². The fourth-order valence-electron chi connectivity index (χ4n) is 3.92. The van der Waals surface area contributed by atoms with Crippen LogP contribution in [0.3, 0.4) is 0 Å². The van der Waals surface area contributed by atoms with Crippen LogP contribution in [0.15, 0.2) is 11.8 Å². The number of piperazine rings is 1. The molecular formula is C16H24N3O2+. The van der Waals surface area contributed by atoms with Gasteiger partial charge in [-0.15, -0.1) is 0 Å². The Morgan fingerprint density at radius 1 is 1.29 bits per heavy atom. The highest BCUT2D eigenvalue weighted by Crippen LogP contribution is 2.42. The van der Waals surface area contributed by atoms with Crippen LogP contribution in [0.25, 0.3) is 0 Å². The number of esters is 1. The van der Waals surface area contributed by atoms with E-state index in [9.17, 15) is 4.79 Å². The van der Waals surface area contributed by atoms with E-state index in [0.29, 0.717) is 6.42 Å². The molecule has 0 aromatic heterocycles. The molecule has 0 radical (unpaired) electrons. The Hall–Kier alpha value is -1.54. The summed E-state index contributed by atoms with van der Waals surface area (Å²) < 4.78 is 5.72. The number of nitriles is 1. The van der Waals surface area contributed by atoms with Crippen LogP contribution in [0.1, 0.15) is 38.5 Å². The molecule has 3 aliphatic rings. The van der Waals surface area contributed by atoms with Gasteiger partial charge in [0.05, 0.1) is 50.9 Å². The Labute approximate surface area is 126 Å². The molecule has 21 heavy (non-hydrogen) atoms. The summed E-state index contributed by atoms with van der Waals surface area (Å²) in [5.41, 5.74) is 0.811. The summed E-state index contributed by atoms with van der Waals surface area (Å²) in [5, 5.41) is 8.68. The van der Waals surface area contributed by atoms with Crippen LogP contribution in [0.5, 0.6) is 0 Å². The van der Waals surface area contributed by atoms with Crippen LogP contribution in [0, 0.1) is 11.3 Å². The third kappa shape index (κ3) is 2.91. The number of nitrogens with one attached hydrogen (secondary N) is 1. The topological polar surface area (TPSA) is 57.8 Å². The fraction of sp³-hybridized carbons (Fsp3) is 0.750. The van der Waals surface area contributed by atoms with Gasteiger partial charge in [-0.3, -0.25) is 0 Å². The monoisotopic (exact) mass is 290 g/mol. The first-order valence-corrected chi connectivity index (χ1v) is 8.14. The molecule has 2 aliphatic heterocycles. The van der Waals surface area contributed by atoms with Crippen LogP contribution < -0.4 is 4.90 Å². The summed E-state index contributed by atoms with van der Waals surface area (Å²) >= 11 is 0. The molecule has 0 amide bonds. The lowest BCUT2D eigenvalue weighted by Gasteiger charge is -2.42. The lowest BCUT2D eigenvalue weighted by Crippen LogP contribution is -3.14. The van der Waals surface area contributed by atoms with Gasteiger partial charge in [0.2, 0.25) is 0 Å². The molecule has 5 nitrogen and oxygen atoms in total. The van der Waals surface area contributed by atoms with Gasteiger partial charge in [-0.1, -0.05) is 6.42 Å². The minimum atomic E-state index is -0.320. The van der Waals surface area contributed by atoms with E-state index in [1.807, 2.05) is 0 Å². The molecule has 2 fully saturated rings. The molecule has 0 aromatic rings. The largest absolute Gasteiger partial charge is 0.449 e. The summed E-state index contributed by atoms with van der Waals surface area (Å²) in [6.07, 6.45) is 7.86. The molecule has 0 atom stereocenters. The summed E-state index contributed by atoms with van der Waals surface area (Å²) in [4.78, 5) is 15.7. The van der Waals surface area contributed by atoms with Gasteiger partial charge in [0.1, 0.15) is 0 Å². The van der Waals surface area contributed by atoms with Crippen molar-refractivity contribution in [2.45, 2.75) is 44.1 Å².